The van der Waals surface area contributed by atoms with Crippen LogP contribution in [0.25, 0.3) is 0 Å². The van der Waals surface area contributed by atoms with Gasteiger partial charge in [-0.25, -0.2) is 9.97 Å². The molecule has 0 bridgehead atoms. The van der Waals surface area contributed by atoms with Crippen LogP contribution in [0.5, 0.6) is 0 Å². The van der Waals surface area contributed by atoms with E-state index in [0.717, 1.165) is 49.9 Å². The highest BCUT2D eigenvalue weighted by molar-refractivity contribution is 5.53. The van der Waals surface area contributed by atoms with Crippen LogP contribution in [0.15, 0.2) is 18.5 Å². The molecule has 4 heterocycles. The maximum absolute atomic E-state index is 4.61. The van der Waals surface area contributed by atoms with Gasteiger partial charge in [0.15, 0.2) is 5.82 Å². The van der Waals surface area contributed by atoms with Gasteiger partial charge < -0.3 is 14.7 Å². The molecule has 1 saturated heterocycles. The van der Waals surface area contributed by atoms with Crippen molar-refractivity contribution in [2.45, 2.75) is 45.2 Å². The second-order valence-electron chi connectivity index (χ2n) is 8.81. The van der Waals surface area contributed by atoms with Crippen molar-refractivity contribution in [2.75, 3.05) is 43.5 Å². The van der Waals surface area contributed by atoms with Crippen molar-refractivity contribution in [3.63, 3.8) is 0 Å². The van der Waals surface area contributed by atoms with Gasteiger partial charge >= 0.3 is 0 Å². The third-order valence-corrected chi connectivity index (χ3v) is 5.66. The molecular formula is C20H29N7. The normalized spacial score (nSPS) is 18.2. The van der Waals surface area contributed by atoms with Crippen LogP contribution in [0.3, 0.4) is 0 Å². The molecule has 144 valence electrons. The second kappa shape index (κ2) is 6.71. The lowest BCUT2D eigenvalue weighted by atomic mass is 9.92. The first-order valence-corrected chi connectivity index (χ1v) is 9.66. The molecule has 0 radical (unpaired) electrons. The van der Waals surface area contributed by atoms with Gasteiger partial charge in [0.25, 0.3) is 0 Å². The lowest BCUT2D eigenvalue weighted by Crippen LogP contribution is -2.59. The van der Waals surface area contributed by atoms with Crippen molar-refractivity contribution in [2.24, 2.45) is 0 Å². The molecule has 0 aromatic carbocycles. The minimum atomic E-state index is 0.0303. The Morgan fingerprint density at radius 1 is 1.11 bits per heavy atom. The molecule has 27 heavy (non-hydrogen) atoms. The smallest absolute Gasteiger partial charge is 0.151 e. The van der Waals surface area contributed by atoms with E-state index in [1.54, 1.807) is 6.33 Å². The summed E-state index contributed by atoms with van der Waals surface area (Å²) in [7, 11) is 4.30. The number of hydrogen-bond acceptors (Lipinski definition) is 7. The Labute approximate surface area is 161 Å². The van der Waals surface area contributed by atoms with E-state index in [0.29, 0.717) is 6.04 Å². The highest BCUT2D eigenvalue weighted by Gasteiger charge is 2.34. The highest BCUT2D eigenvalue weighted by atomic mass is 15.4. The number of rotatable bonds is 3. The first kappa shape index (κ1) is 18.1. The van der Waals surface area contributed by atoms with Crippen LogP contribution >= 0.6 is 0 Å². The summed E-state index contributed by atoms with van der Waals surface area (Å²) in [5, 5.41) is 8.85. The molecular weight excluding hydrogens is 338 g/mol. The zero-order chi connectivity index (χ0) is 19.2. The number of likely N-dealkylation sites (N-methyl/N-ethyl adjacent to an activating group) is 2. The summed E-state index contributed by atoms with van der Waals surface area (Å²) < 4.78 is 0. The highest BCUT2D eigenvalue weighted by Crippen LogP contribution is 2.29. The van der Waals surface area contributed by atoms with Gasteiger partial charge in [0.1, 0.15) is 12.1 Å². The van der Waals surface area contributed by atoms with Crippen molar-refractivity contribution in [1.29, 1.82) is 0 Å². The van der Waals surface area contributed by atoms with Crippen LogP contribution in [0.4, 0.5) is 11.6 Å². The van der Waals surface area contributed by atoms with Crippen molar-refractivity contribution >= 4 is 11.6 Å². The predicted molar refractivity (Wildman–Crippen MR) is 107 cm³/mol. The quantitative estimate of drug-likeness (QED) is 0.821. The Bertz CT molecular complexity index is 806. The van der Waals surface area contributed by atoms with Crippen LogP contribution in [0.2, 0.25) is 0 Å². The van der Waals surface area contributed by atoms with Crippen molar-refractivity contribution in [1.82, 2.24) is 25.1 Å². The summed E-state index contributed by atoms with van der Waals surface area (Å²) in [5.74, 6) is 2.03. The van der Waals surface area contributed by atoms with E-state index in [-0.39, 0.29) is 5.41 Å². The average Bonchev–Trinajstić information content (AvgIpc) is 2.59. The molecule has 0 amide bonds. The molecule has 1 fully saturated rings. The first-order chi connectivity index (χ1) is 12.8. The third-order valence-electron chi connectivity index (χ3n) is 5.66. The van der Waals surface area contributed by atoms with E-state index in [1.807, 2.05) is 0 Å². The summed E-state index contributed by atoms with van der Waals surface area (Å²) in [6, 6.07) is 4.61. The zero-order valence-corrected chi connectivity index (χ0v) is 17.0. The zero-order valence-electron chi connectivity index (χ0n) is 17.0. The van der Waals surface area contributed by atoms with E-state index in [9.17, 15) is 0 Å². The van der Waals surface area contributed by atoms with Gasteiger partial charge in [0.2, 0.25) is 0 Å². The molecule has 2 aromatic heterocycles. The predicted octanol–water partition coefficient (Wildman–Crippen LogP) is 1.88. The SMILES string of the molecule is CN1CCc2ncnc(N(C)C3CN(c4ccc(C(C)(C)C)nn4)C3)c2C1. The fourth-order valence-electron chi connectivity index (χ4n) is 3.72. The standard InChI is InChI=1S/C20H29N7/c1-20(2,3)17-6-7-18(24-23-17)27-10-14(11-27)26(5)19-15-12-25(4)9-8-16(15)21-13-22-19/h6-7,13-14H,8-12H2,1-5H3. The summed E-state index contributed by atoms with van der Waals surface area (Å²) in [5.41, 5.74) is 3.53. The van der Waals surface area contributed by atoms with E-state index < -0.39 is 0 Å². The summed E-state index contributed by atoms with van der Waals surface area (Å²) in [6.45, 7) is 10.3. The van der Waals surface area contributed by atoms with Gasteiger partial charge in [0.05, 0.1) is 17.4 Å². The number of aromatic nitrogens is 4. The maximum Gasteiger partial charge on any atom is 0.151 e. The maximum atomic E-state index is 4.61. The molecule has 2 aliphatic heterocycles. The van der Waals surface area contributed by atoms with E-state index in [2.05, 4.69) is 81.9 Å². The Hall–Kier alpha value is -2.28. The summed E-state index contributed by atoms with van der Waals surface area (Å²) in [4.78, 5) is 16.0. The molecule has 7 heteroatoms. The number of hydrogen-bond donors (Lipinski definition) is 0. The van der Waals surface area contributed by atoms with E-state index >= 15 is 0 Å². The van der Waals surface area contributed by atoms with Crippen LogP contribution in [0, 0.1) is 0 Å². The second-order valence-corrected chi connectivity index (χ2v) is 8.81. The summed E-state index contributed by atoms with van der Waals surface area (Å²) >= 11 is 0. The minimum Gasteiger partial charge on any atom is -0.353 e. The van der Waals surface area contributed by atoms with E-state index in [1.165, 1.54) is 11.3 Å². The van der Waals surface area contributed by atoms with Crippen LogP contribution in [-0.4, -0.2) is 64.8 Å². The van der Waals surface area contributed by atoms with Crippen LogP contribution < -0.4 is 9.80 Å². The van der Waals surface area contributed by atoms with Crippen LogP contribution in [-0.2, 0) is 18.4 Å². The Kier molecular flexibility index (Phi) is 4.50. The van der Waals surface area contributed by atoms with Crippen molar-refractivity contribution in [3.05, 3.63) is 35.4 Å². The monoisotopic (exact) mass is 367 g/mol. The van der Waals surface area contributed by atoms with Gasteiger partial charge in [0, 0.05) is 50.6 Å². The fraction of sp³-hybridized carbons (Fsp3) is 0.600. The van der Waals surface area contributed by atoms with Crippen molar-refractivity contribution < 1.29 is 0 Å². The minimum absolute atomic E-state index is 0.0303. The number of nitrogens with zero attached hydrogens (tertiary/aromatic N) is 7. The van der Waals surface area contributed by atoms with Gasteiger partial charge in [-0.05, 0) is 19.2 Å². The Balaban J connectivity index is 1.44. The van der Waals surface area contributed by atoms with Gasteiger partial charge in [-0.15, -0.1) is 5.10 Å². The first-order valence-electron chi connectivity index (χ1n) is 9.66. The molecule has 0 saturated carbocycles. The summed E-state index contributed by atoms with van der Waals surface area (Å²) in [6.07, 6.45) is 2.71. The Morgan fingerprint density at radius 2 is 1.89 bits per heavy atom. The molecule has 0 aliphatic carbocycles. The lowest BCUT2D eigenvalue weighted by molar-refractivity contribution is 0.308. The molecule has 0 spiro atoms. The van der Waals surface area contributed by atoms with Crippen molar-refractivity contribution in [3.8, 4) is 0 Å². The molecule has 7 nitrogen and oxygen atoms in total. The topological polar surface area (TPSA) is 61.3 Å². The number of fused-ring (bicyclic) bond motifs is 1. The largest absolute Gasteiger partial charge is 0.353 e. The van der Waals surface area contributed by atoms with Gasteiger partial charge in [-0.2, -0.15) is 5.10 Å². The number of anilines is 2. The Morgan fingerprint density at radius 3 is 2.56 bits per heavy atom. The van der Waals surface area contributed by atoms with Gasteiger partial charge in [-0.3, -0.25) is 0 Å². The molecule has 0 unspecified atom stereocenters. The third kappa shape index (κ3) is 3.48. The van der Waals surface area contributed by atoms with Gasteiger partial charge in [-0.1, -0.05) is 20.8 Å². The van der Waals surface area contributed by atoms with E-state index in [4.69, 9.17) is 0 Å². The molecule has 2 aliphatic rings. The fourth-order valence-corrected chi connectivity index (χ4v) is 3.72. The average molecular weight is 368 g/mol. The molecule has 0 N–H and O–H groups in total. The lowest BCUT2D eigenvalue weighted by Gasteiger charge is -2.45. The molecule has 2 aromatic rings. The van der Waals surface area contributed by atoms with Crippen LogP contribution in [0.1, 0.15) is 37.7 Å². The molecule has 0 atom stereocenters. The molecule has 4 rings (SSSR count).